The molecule has 0 N–H and O–H groups in total. The van der Waals surface area contributed by atoms with Gasteiger partial charge >= 0.3 is 0 Å². The molecule has 1 aromatic carbocycles. The van der Waals surface area contributed by atoms with Gasteiger partial charge < -0.3 is 4.90 Å². The van der Waals surface area contributed by atoms with Gasteiger partial charge in [0.15, 0.2) is 9.84 Å². The molecule has 0 saturated carbocycles. The monoisotopic (exact) mass is 383 g/mol. The molecule has 24 heavy (non-hydrogen) atoms. The number of rotatable bonds is 3. The smallest absolute Gasteiger partial charge is 0.254 e. The van der Waals surface area contributed by atoms with Gasteiger partial charge in [-0.25, -0.2) is 8.42 Å². The van der Waals surface area contributed by atoms with E-state index in [0.29, 0.717) is 12.1 Å². The molecule has 4 nitrogen and oxygen atoms in total. The lowest BCUT2D eigenvalue weighted by atomic mass is 9.97. The average molecular weight is 384 g/mol. The second kappa shape index (κ2) is 6.50. The maximum atomic E-state index is 13.0. The van der Waals surface area contributed by atoms with E-state index in [-0.39, 0.29) is 21.9 Å². The Morgan fingerprint density at radius 3 is 2.79 bits per heavy atom. The summed E-state index contributed by atoms with van der Waals surface area (Å²) in [7, 11) is -3.48. The van der Waals surface area contributed by atoms with Crippen LogP contribution in [-0.4, -0.2) is 32.0 Å². The Labute approximate surface area is 151 Å². The van der Waals surface area contributed by atoms with Crippen LogP contribution in [0.5, 0.6) is 0 Å². The van der Waals surface area contributed by atoms with Gasteiger partial charge in [0.25, 0.3) is 5.91 Å². The van der Waals surface area contributed by atoms with E-state index in [1.807, 2.05) is 4.90 Å². The first kappa shape index (κ1) is 17.5. The van der Waals surface area contributed by atoms with E-state index in [1.165, 1.54) is 22.6 Å². The van der Waals surface area contributed by atoms with Gasteiger partial charge in [-0.1, -0.05) is 18.5 Å². The zero-order valence-electron chi connectivity index (χ0n) is 13.5. The second-order valence-electron chi connectivity index (χ2n) is 5.89. The largest absolute Gasteiger partial charge is 0.331 e. The number of halogens is 1. The van der Waals surface area contributed by atoms with E-state index in [9.17, 15) is 13.2 Å². The molecule has 3 rings (SSSR count). The first-order valence-corrected chi connectivity index (χ1v) is 10.8. The first-order chi connectivity index (χ1) is 11.3. The van der Waals surface area contributed by atoms with Gasteiger partial charge in [-0.15, -0.1) is 11.3 Å². The normalized spacial score (nSPS) is 17.6. The Kier molecular flexibility index (Phi) is 4.73. The van der Waals surface area contributed by atoms with Crippen LogP contribution in [0.2, 0.25) is 5.02 Å². The van der Waals surface area contributed by atoms with Crippen molar-refractivity contribution in [1.82, 2.24) is 4.90 Å². The molecule has 0 unspecified atom stereocenters. The first-order valence-electron chi connectivity index (χ1n) is 7.69. The number of fused-ring (bicyclic) bond motifs is 1. The number of hydrogen-bond donors (Lipinski definition) is 0. The van der Waals surface area contributed by atoms with Gasteiger partial charge in [0.1, 0.15) is 0 Å². The molecule has 0 bridgehead atoms. The maximum Gasteiger partial charge on any atom is 0.254 e. The Morgan fingerprint density at radius 2 is 2.12 bits per heavy atom. The summed E-state index contributed by atoms with van der Waals surface area (Å²) < 4.78 is 23.7. The van der Waals surface area contributed by atoms with Crippen LogP contribution in [0.3, 0.4) is 0 Å². The molecule has 1 aliphatic heterocycles. The third kappa shape index (κ3) is 3.10. The van der Waals surface area contributed by atoms with Crippen LogP contribution in [0.15, 0.2) is 34.5 Å². The molecule has 0 fully saturated rings. The number of amides is 1. The lowest BCUT2D eigenvalue weighted by Crippen LogP contribution is -2.39. The summed E-state index contributed by atoms with van der Waals surface area (Å²) in [4.78, 5) is 16.1. The molecule has 1 atom stereocenters. The van der Waals surface area contributed by atoms with E-state index in [4.69, 9.17) is 11.6 Å². The van der Waals surface area contributed by atoms with Crippen molar-refractivity contribution in [3.05, 3.63) is 50.7 Å². The van der Waals surface area contributed by atoms with Crippen LogP contribution >= 0.6 is 22.9 Å². The molecular formula is C17H18ClNO3S2. The van der Waals surface area contributed by atoms with E-state index >= 15 is 0 Å². The standard InChI is InChI=1S/C17H18ClNO3S2/c1-3-14-12-7-9-23-15(12)6-8-19(14)17(20)11-4-5-13(18)16(10-11)24(2,21)22/h4-5,7,9-10,14H,3,6,8H2,1-2H3/t14-/m1/s1. The Balaban J connectivity index is 1.98. The summed E-state index contributed by atoms with van der Waals surface area (Å²) in [5.74, 6) is -0.153. The molecule has 2 heterocycles. The van der Waals surface area contributed by atoms with E-state index < -0.39 is 9.84 Å². The van der Waals surface area contributed by atoms with Crippen molar-refractivity contribution in [2.45, 2.75) is 30.7 Å². The minimum Gasteiger partial charge on any atom is -0.331 e. The molecule has 2 aromatic rings. The Morgan fingerprint density at radius 1 is 1.38 bits per heavy atom. The van der Waals surface area contributed by atoms with Gasteiger partial charge in [-0.05, 0) is 48.1 Å². The summed E-state index contributed by atoms with van der Waals surface area (Å²) in [6.07, 6.45) is 2.75. The molecule has 128 valence electrons. The fraction of sp³-hybridized carbons (Fsp3) is 0.353. The number of hydrogen-bond acceptors (Lipinski definition) is 4. The highest BCUT2D eigenvalue weighted by Gasteiger charge is 2.31. The number of thiophene rings is 1. The molecule has 1 amide bonds. The van der Waals surface area contributed by atoms with Gasteiger partial charge in [0.05, 0.1) is 16.0 Å². The van der Waals surface area contributed by atoms with Crippen molar-refractivity contribution in [3.8, 4) is 0 Å². The van der Waals surface area contributed by atoms with Crippen LogP contribution < -0.4 is 0 Å². The van der Waals surface area contributed by atoms with Crippen molar-refractivity contribution < 1.29 is 13.2 Å². The Hall–Kier alpha value is -1.37. The van der Waals surface area contributed by atoms with Crippen LogP contribution in [0.4, 0.5) is 0 Å². The lowest BCUT2D eigenvalue weighted by molar-refractivity contribution is 0.0657. The summed E-state index contributed by atoms with van der Waals surface area (Å²) in [6, 6.07) is 6.57. The van der Waals surface area contributed by atoms with Crippen molar-refractivity contribution in [2.75, 3.05) is 12.8 Å². The fourth-order valence-electron chi connectivity index (χ4n) is 3.17. The van der Waals surface area contributed by atoms with Crippen LogP contribution in [-0.2, 0) is 16.3 Å². The van der Waals surface area contributed by atoms with Gasteiger partial charge in [-0.2, -0.15) is 0 Å². The predicted octanol–water partition coefficient (Wildman–Crippen LogP) is 3.95. The van der Waals surface area contributed by atoms with Crippen LogP contribution in [0.1, 0.15) is 40.2 Å². The third-order valence-electron chi connectivity index (χ3n) is 4.32. The highest BCUT2D eigenvalue weighted by molar-refractivity contribution is 7.90. The van der Waals surface area contributed by atoms with Gasteiger partial charge in [0.2, 0.25) is 0 Å². The molecule has 0 aliphatic carbocycles. The van der Waals surface area contributed by atoms with E-state index in [0.717, 1.165) is 19.1 Å². The molecule has 0 saturated heterocycles. The number of carbonyl (C=O) groups is 1. The zero-order chi connectivity index (χ0) is 17.5. The molecule has 0 radical (unpaired) electrons. The Bertz CT molecular complexity index is 889. The van der Waals surface area contributed by atoms with Crippen molar-refractivity contribution >= 4 is 38.7 Å². The molecule has 1 aliphatic rings. The predicted molar refractivity (Wildman–Crippen MR) is 96.7 cm³/mol. The summed E-state index contributed by atoms with van der Waals surface area (Å²) in [5.41, 5.74) is 1.57. The summed E-state index contributed by atoms with van der Waals surface area (Å²) in [6.45, 7) is 2.70. The molecule has 7 heteroatoms. The molecule has 1 aromatic heterocycles. The minimum absolute atomic E-state index is 0.00343. The number of nitrogens with zero attached hydrogens (tertiary/aromatic N) is 1. The van der Waals surface area contributed by atoms with Crippen LogP contribution in [0, 0.1) is 0 Å². The average Bonchev–Trinajstić information content (AvgIpc) is 3.01. The van der Waals surface area contributed by atoms with Crippen molar-refractivity contribution in [1.29, 1.82) is 0 Å². The van der Waals surface area contributed by atoms with Crippen molar-refractivity contribution in [2.24, 2.45) is 0 Å². The van der Waals surface area contributed by atoms with Crippen molar-refractivity contribution in [3.63, 3.8) is 0 Å². The van der Waals surface area contributed by atoms with Gasteiger partial charge in [-0.3, -0.25) is 4.79 Å². The lowest BCUT2D eigenvalue weighted by Gasteiger charge is -2.35. The summed E-state index contributed by atoms with van der Waals surface area (Å²) in [5, 5.41) is 2.20. The SMILES string of the molecule is CC[C@@H]1c2ccsc2CCN1C(=O)c1ccc(Cl)c(S(C)(=O)=O)c1. The zero-order valence-corrected chi connectivity index (χ0v) is 15.8. The number of carbonyl (C=O) groups excluding carboxylic acids is 1. The maximum absolute atomic E-state index is 13.0. The quantitative estimate of drug-likeness (QED) is 0.806. The number of sulfone groups is 1. The highest BCUT2D eigenvalue weighted by atomic mass is 35.5. The van der Waals surface area contributed by atoms with E-state index in [2.05, 4.69) is 18.4 Å². The topological polar surface area (TPSA) is 54.5 Å². The van der Waals surface area contributed by atoms with Crippen LogP contribution in [0.25, 0.3) is 0 Å². The molecular weight excluding hydrogens is 366 g/mol. The minimum atomic E-state index is -3.48. The van der Waals surface area contributed by atoms with E-state index in [1.54, 1.807) is 17.4 Å². The van der Waals surface area contributed by atoms with Gasteiger partial charge in [0, 0.05) is 23.2 Å². The highest BCUT2D eigenvalue weighted by Crippen LogP contribution is 2.36. The fourth-order valence-corrected chi connectivity index (χ4v) is 5.40. The third-order valence-corrected chi connectivity index (χ3v) is 6.89. The number of benzene rings is 1. The molecule has 0 spiro atoms. The summed E-state index contributed by atoms with van der Waals surface area (Å²) >= 11 is 7.70. The second-order valence-corrected chi connectivity index (χ2v) is 9.28.